The standard InChI is InChI=1S/2C66H41NO3/c1-5-17-62-55(9-1)58-14-7-12-53(65(58)69-62)47-23-19-42(20-24-47)44-27-34-50(35-28-44)67(52-38-31-46(32-39-52)49-33-40-64-60(41-49)57-11-3-4-16-61(57)68-64)51-36-29-45(30-37-51)43-21-25-48(26-22-43)54-13-8-15-59-56-10-2-6-18-63(56)70-66(54)59;1-5-17-62-55(9-1)58-14-7-12-53(65(58)69-62)47-29-36-51(37-30-47)67(52-38-31-48(32-39-52)54-13-8-15-59-56-10-2-6-18-63(56)70-66(54)59)50-34-27-45(28-35-50)44-21-19-42(20-22-44)43-23-25-46(26-24-43)49-33-40-64-60(41-49)57-11-3-4-16-61(57)68-64/h2*1-41H. The zero-order chi connectivity index (χ0) is 92.2. The van der Waals surface area contributed by atoms with Crippen LogP contribution in [0.3, 0.4) is 0 Å². The number of nitrogens with zero attached hydrogens (tertiary/aromatic N) is 2. The summed E-state index contributed by atoms with van der Waals surface area (Å²) in [6.07, 6.45) is 0. The number of benzene rings is 22. The second kappa shape index (κ2) is 33.7. The van der Waals surface area contributed by atoms with E-state index in [1.54, 1.807) is 0 Å². The molecule has 28 rings (SSSR count). The number of para-hydroxylation sites is 10. The third kappa shape index (κ3) is 14.3. The predicted molar refractivity (Wildman–Crippen MR) is 580 cm³/mol. The van der Waals surface area contributed by atoms with Crippen LogP contribution in [-0.4, -0.2) is 0 Å². The molecule has 0 atom stereocenters. The summed E-state index contributed by atoms with van der Waals surface area (Å²) in [4.78, 5) is 4.65. The van der Waals surface area contributed by atoms with E-state index in [1.165, 1.54) is 22.3 Å². The SMILES string of the molecule is c1ccc2c(c1)oc1ccc(-c3ccc(-c4ccc(-c5ccc(N(c6ccc(-c7cccc8c7oc7ccccc78)cc6)c6ccc(-c7cccc8c7oc7ccccc78)cc6)cc5)cc4)cc3)cc12.c1ccc2c(c1)oc1ccc(-c3ccc(N(c4ccc(-c5ccc(-c6cccc7c6oc6ccccc67)cc5)cc4)c4ccc(-c5ccc(-c6cccc7c6oc6ccccc67)cc5)cc4)cc3)cc12. The molecule has 8 heteroatoms. The lowest BCUT2D eigenvalue weighted by Gasteiger charge is -2.26. The first-order valence-corrected chi connectivity index (χ1v) is 47.4. The van der Waals surface area contributed by atoms with E-state index < -0.39 is 0 Å². The smallest absolute Gasteiger partial charge is 0.143 e. The van der Waals surface area contributed by atoms with E-state index in [0.717, 1.165) is 255 Å². The number of anilines is 6. The Morgan fingerprint density at radius 2 is 0.264 bits per heavy atom. The summed E-state index contributed by atoms with van der Waals surface area (Å²) < 4.78 is 37.8. The zero-order valence-corrected chi connectivity index (χ0v) is 75.7. The van der Waals surface area contributed by atoms with Gasteiger partial charge in [0, 0.05) is 121 Å². The van der Waals surface area contributed by atoms with Gasteiger partial charge in [-0.05, 0) is 222 Å². The van der Waals surface area contributed by atoms with E-state index in [1.807, 2.05) is 72.8 Å². The number of furan rings is 6. The van der Waals surface area contributed by atoms with Crippen LogP contribution in [0, 0.1) is 0 Å². The Kier molecular flexibility index (Phi) is 19.5. The van der Waals surface area contributed by atoms with Crippen LogP contribution >= 0.6 is 0 Å². The van der Waals surface area contributed by atoms with E-state index >= 15 is 0 Å². The van der Waals surface area contributed by atoms with Gasteiger partial charge in [-0.2, -0.15) is 0 Å². The normalized spacial score (nSPS) is 11.7. The van der Waals surface area contributed by atoms with Gasteiger partial charge >= 0.3 is 0 Å². The van der Waals surface area contributed by atoms with Crippen LogP contribution in [-0.2, 0) is 0 Å². The highest BCUT2D eigenvalue weighted by Crippen LogP contribution is 2.48. The maximum atomic E-state index is 6.44. The highest BCUT2D eigenvalue weighted by Gasteiger charge is 2.23. The Balaban J connectivity index is 0.000000141. The van der Waals surface area contributed by atoms with Gasteiger partial charge in [-0.25, -0.2) is 0 Å². The van der Waals surface area contributed by atoms with Crippen molar-refractivity contribution in [3.05, 3.63) is 497 Å². The highest BCUT2D eigenvalue weighted by atomic mass is 16.3. The molecule has 0 fully saturated rings. The first-order chi connectivity index (χ1) is 69.3. The monoisotopic (exact) mass is 1790 g/mol. The van der Waals surface area contributed by atoms with E-state index in [9.17, 15) is 0 Å². The van der Waals surface area contributed by atoms with Crippen molar-refractivity contribution in [3.8, 4) is 111 Å². The minimum absolute atomic E-state index is 0.895. The molecule has 0 aliphatic rings. The molecule has 8 nitrogen and oxygen atoms in total. The first-order valence-electron chi connectivity index (χ1n) is 47.4. The summed E-state index contributed by atoms with van der Waals surface area (Å²) in [5, 5.41) is 13.6. The van der Waals surface area contributed by atoms with Crippen molar-refractivity contribution >= 4 is 166 Å². The molecule has 6 heterocycles. The van der Waals surface area contributed by atoms with Crippen molar-refractivity contribution in [1.29, 1.82) is 0 Å². The second-order valence-electron chi connectivity index (χ2n) is 36.0. The molecule has 0 bridgehead atoms. The molecule has 0 saturated carbocycles. The van der Waals surface area contributed by atoms with Gasteiger partial charge in [-0.15, -0.1) is 0 Å². The minimum atomic E-state index is 0.895. The van der Waals surface area contributed by atoms with Crippen molar-refractivity contribution in [2.45, 2.75) is 0 Å². The molecule has 656 valence electrons. The summed E-state index contributed by atoms with van der Waals surface area (Å²) in [5.41, 5.74) is 39.8. The van der Waals surface area contributed by atoms with Gasteiger partial charge < -0.3 is 36.3 Å². The van der Waals surface area contributed by atoms with Crippen LogP contribution in [0.4, 0.5) is 34.1 Å². The van der Waals surface area contributed by atoms with Gasteiger partial charge in [0.25, 0.3) is 0 Å². The van der Waals surface area contributed by atoms with E-state index in [0.29, 0.717) is 0 Å². The highest BCUT2D eigenvalue weighted by molar-refractivity contribution is 6.15. The van der Waals surface area contributed by atoms with Crippen LogP contribution in [0.25, 0.3) is 243 Å². The Morgan fingerprint density at radius 1 is 0.107 bits per heavy atom. The first kappa shape index (κ1) is 80.9. The van der Waals surface area contributed by atoms with Crippen molar-refractivity contribution in [1.82, 2.24) is 0 Å². The average molecular weight is 1790 g/mol. The Bertz CT molecular complexity index is 9260. The van der Waals surface area contributed by atoms with Crippen LogP contribution < -0.4 is 9.80 Å². The summed E-state index contributed by atoms with van der Waals surface area (Å²) in [6, 6.07) is 176. The Hall–Kier alpha value is -18.8. The predicted octanol–water partition coefficient (Wildman–Crippen LogP) is 38.4. The fourth-order valence-corrected chi connectivity index (χ4v) is 20.8. The second-order valence-corrected chi connectivity index (χ2v) is 36.0. The third-order valence-electron chi connectivity index (χ3n) is 27.9. The number of rotatable bonds is 16. The van der Waals surface area contributed by atoms with Gasteiger partial charge in [0.15, 0.2) is 0 Å². The zero-order valence-electron chi connectivity index (χ0n) is 75.7. The Morgan fingerprint density at radius 3 is 0.493 bits per heavy atom. The summed E-state index contributed by atoms with van der Waals surface area (Å²) in [5.74, 6) is 0. The number of hydrogen-bond acceptors (Lipinski definition) is 8. The fraction of sp³-hybridized carbons (Fsp3) is 0. The van der Waals surface area contributed by atoms with Gasteiger partial charge in [-0.1, -0.05) is 364 Å². The molecule has 0 radical (unpaired) electrons. The van der Waals surface area contributed by atoms with Crippen molar-refractivity contribution < 1.29 is 26.5 Å². The molecule has 0 aliphatic heterocycles. The van der Waals surface area contributed by atoms with E-state index in [4.69, 9.17) is 26.5 Å². The lowest BCUT2D eigenvalue weighted by Crippen LogP contribution is -2.09. The van der Waals surface area contributed by atoms with Gasteiger partial charge in [-0.3, -0.25) is 0 Å². The van der Waals surface area contributed by atoms with Gasteiger partial charge in [0.1, 0.15) is 67.0 Å². The molecular formula is C132H82N2O6. The lowest BCUT2D eigenvalue weighted by molar-refractivity contribution is 0.668. The molecular weight excluding hydrogens is 1710 g/mol. The molecule has 0 saturated heterocycles. The fourth-order valence-electron chi connectivity index (χ4n) is 20.8. The van der Waals surface area contributed by atoms with Crippen LogP contribution in [0.15, 0.2) is 524 Å². The topological polar surface area (TPSA) is 85.3 Å². The average Bonchev–Trinajstić information content (AvgIpc) is 1.60. The molecule has 140 heavy (non-hydrogen) atoms. The molecule has 0 spiro atoms. The molecule has 28 aromatic rings. The van der Waals surface area contributed by atoms with Crippen molar-refractivity contribution in [3.63, 3.8) is 0 Å². The third-order valence-corrected chi connectivity index (χ3v) is 27.9. The molecule has 22 aromatic carbocycles. The van der Waals surface area contributed by atoms with Crippen LogP contribution in [0.2, 0.25) is 0 Å². The van der Waals surface area contributed by atoms with E-state index in [-0.39, 0.29) is 0 Å². The summed E-state index contributed by atoms with van der Waals surface area (Å²) >= 11 is 0. The number of fused-ring (bicyclic) bond motifs is 18. The number of hydrogen-bond donors (Lipinski definition) is 0. The van der Waals surface area contributed by atoms with Crippen LogP contribution in [0.5, 0.6) is 0 Å². The quantitative estimate of drug-likeness (QED) is 0.0946. The largest absolute Gasteiger partial charge is 0.456 e. The minimum Gasteiger partial charge on any atom is -0.456 e. The maximum absolute atomic E-state index is 6.44. The van der Waals surface area contributed by atoms with Crippen molar-refractivity contribution in [2.75, 3.05) is 9.80 Å². The van der Waals surface area contributed by atoms with E-state index in [2.05, 4.69) is 434 Å². The van der Waals surface area contributed by atoms with Crippen LogP contribution in [0.1, 0.15) is 0 Å². The van der Waals surface area contributed by atoms with Crippen molar-refractivity contribution in [2.24, 2.45) is 0 Å². The molecule has 0 amide bonds. The van der Waals surface area contributed by atoms with Gasteiger partial charge in [0.2, 0.25) is 0 Å². The molecule has 0 unspecified atom stereocenters. The summed E-state index contributed by atoms with van der Waals surface area (Å²) in [7, 11) is 0. The molecule has 6 aromatic heterocycles. The maximum Gasteiger partial charge on any atom is 0.143 e. The summed E-state index contributed by atoms with van der Waals surface area (Å²) in [6.45, 7) is 0. The lowest BCUT2D eigenvalue weighted by atomic mass is 9.97. The Labute approximate surface area is 805 Å². The molecule has 0 aliphatic carbocycles. The molecule has 0 N–H and O–H groups in total. The van der Waals surface area contributed by atoms with Gasteiger partial charge in [0.05, 0.1) is 0 Å².